The van der Waals surface area contributed by atoms with Crippen LogP contribution in [0.4, 0.5) is 9.18 Å². The molecular weight excluding hydrogens is 499 g/mol. The number of ether oxygens (including phenoxy) is 1. The van der Waals surface area contributed by atoms with Gasteiger partial charge < -0.3 is 10.1 Å². The molecule has 3 aromatic carbocycles. The Morgan fingerprint density at radius 3 is 2.42 bits per heavy atom. The van der Waals surface area contributed by atoms with E-state index < -0.39 is 11.9 Å². The molecule has 0 saturated carbocycles. The van der Waals surface area contributed by atoms with Crippen molar-refractivity contribution in [2.75, 3.05) is 6.61 Å². The zero-order valence-electron chi connectivity index (χ0n) is 18.9. The average molecular weight is 519 g/mol. The molecule has 0 unspecified atom stereocenters. The first-order valence-electron chi connectivity index (χ1n) is 11.2. The molecule has 5 nitrogen and oxygen atoms in total. The number of hydrogen-bond acceptors (Lipinski definition) is 5. The standard InChI is InChI=1S/C28H20ClFN2O3S/c29-24-11-12-25(36-27-17(15-33)6-5-13-31-27)22(26(24)30)14-32-28(34)35-16-23-20-9-3-1-7-18(20)19-8-2-4-10-21(19)23/h1-13,15,23H,14,16H2,(H,32,34). The Morgan fingerprint density at radius 2 is 1.72 bits per heavy atom. The summed E-state index contributed by atoms with van der Waals surface area (Å²) in [6.07, 6.45) is 1.57. The Hall–Kier alpha value is -3.68. The van der Waals surface area contributed by atoms with Crippen molar-refractivity contribution in [3.8, 4) is 11.1 Å². The van der Waals surface area contributed by atoms with Crippen LogP contribution in [0.15, 0.2) is 88.9 Å². The molecule has 4 aromatic rings. The second-order valence-corrected chi connectivity index (χ2v) is 9.57. The van der Waals surface area contributed by atoms with Crippen molar-refractivity contribution in [3.05, 3.63) is 112 Å². The quantitative estimate of drug-likeness (QED) is 0.270. The predicted molar refractivity (Wildman–Crippen MR) is 137 cm³/mol. The molecule has 0 spiro atoms. The van der Waals surface area contributed by atoms with Crippen molar-refractivity contribution in [1.82, 2.24) is 10.3 Å². The molecule has 0 atom stereocenters. The van der Waals surface area contributed by atoms with Gasteiger partial charge in [-0.3, -0.25) is 4.79 Å². The summed E-state index contributed by atoms with van der Waals surface area (Å²) in [5.74, 6) is -0.729. The first-order chi connectivity index (χ1) is 17.6. The van der Waals surface area contributed by atoms with E-state index in [2.05, 4.69) is 22.4 Å². The fraction of sp³-hybridized carbons (Fsp3) is 0.107. The number of rotatable bonds is 7. The van der Waals surface area contributed by atoms with Crippen molar-refractivity contribution < 1.29 is 18.7 Å². The molecular formula is C28H20ClFN2O3S. The number of aldehydes is 1. The van der Waals surface area contributed by atoms with E-state index in [9.17, 15) is 14.0 Å². The van der Waals surface area contributed by atoms with Gasteiger partial charge in [0.25, 0.3) is 0 Å². The van der Waals surface area contributed by atoms with E-state index in [0.717, 1.165) is 34.0 Å². The topological polar surface area (TPSA) is 68.3 Å². The maximum Gasteiger partial charge on any atom is 0.407 e. The summed E-state index contributed by atoms with van der Waals surface area (Å²) in [4.78, 5) is 28.7. The first-order valence-corrected chi connectivity index (χ1v) is 12.4. The van der Waals surface area contributed by atoms with Crippen LogP contribution in [0.2, 0.25) is 5.02 Å². The highest BCUT2D eigenvalue weighted by molar-refractivity contribution is 7.99. The Kier molecular flexibility index (Phi) is 7.02. The number of aromatic nitrogens is 1. The monoisotopic (exact) mass is 518 g/mol. The molecule has 1 heterocycles. The molecule has 0 bridgehead atoms. The molecule has 0 saturated heterocycles. The summed E-state index contributed by atoms with van der Waals surface area (Å²) < 4.78 is 20.5. The summed E-state index contributed by atoms with van der Waals surface area (Å²) in [6, 6.07) is 22.5. The van der Waals surface area contributed by atoms with Crippen LogP contribution in [-0.4, -0.2) is 24.0 Å². The van der Waals surface area contributed by atoms with E-state index in [1.165, 1.54) is 6.07 Å². The number of amides is 1. The molecule has 0 radical (unpaired) electrons. The number of halogens is 2. The molecule has 1 amide bonds. The highest BCUT2D eigenvalue weighted by atomic mass is 35.5. The van der Waals surface area contributed by atoms with Gasteiger partial charge in [0, 0.05) is 28.1 Å². The molecule has 5 rings (SSSR count). The molecule has 180 valence electrons. The number of alkyl carbamates (subject to hydrolysis) is 1. The van der Waals surface area contributed by atoms with Gasteiger partial charge >= 0.3 is 6.09 Å². The third-order valence-corrected chi connectivity index (χ3v) is 7.47. The molecule has 36 heavy (non-hydrogen) atoms. The maximum atomic E-state index is 14.9. The normalized spacial score (nSPS) is 12.1. The Balaban J connectivity index is 1.29. The van der Waals surface area contributed by atoms with Crippen LogP contribution in [0.25, 0.3) is 11.1 Å². The fourth-order valence-electron chi connectivity index (χ4n) is 4.33. The molecule has 1 aromatic heterocycles. The summed E-state index contributed by atoms with van der Waals surface area (Å²) in [6.45, 7) is 0.00474. The van der Waals surface area contributed by atoms with Crippen LogP contribution >= 0.6 is 23.4 Å². The number of carbonyl (C=O) groups excluding carboxylic acids is 2. The number of carbonyl (C=O) groups is 2. The first kappa shape index (κ1) is 24.0. The van der Waals surface area contributed by atoms with Crippen LogP contribution in [0.5, 0.6) is 0 Å². The molecule has 1 N–H and O–H groups in total. The smallest absolute Gasteiger partial charge is 0.407 e. The Labute approximate surface area is 216 Å². The zero-order valence-corrected chi connectivity index (χ0v) is 20.5. The minimum atomic E-state index is -0.668. The lowest BCUT2D eigenvalue weighted by molar-refractivity contribution is 0.112. The second kappa shape index (κ2) is 10.5. The van der Waals surface area contributed by atoms with Gasteiger partial charge in [-0.15, -0.1) is 0 Å². The summed E-state index contributed by atoms with van der Waals surface area (Å²) in [7, 11) is 0. The van der Waals surface area contributed by atoms with Crippen molar-refractivity contribution in [2.24, 2.45) is 0 Å². The van der Waals surface area contributed by atoms with Gasteiger partial charge in [0.15, 0.2) is 6.29 Å². The van der Waals surface area contributed by atoms with E-state index in [0.29, 0.717) is 21.8 Å². The number of benzene rings is 3. The summed E-state index contributed by atoms with van der Waals surface area (Å²) >= 11 is 7.13. The molecule has 8 heteroatoms. The van der Waals surface area contributed by atoms with Gasteiger partial charge in [-0.05, 0) is 46.5 Å². The lowest BCUT2D eigenvalue weighted by atomic mass is 9.98. The number of nitrogens with one attached hydrogen (secondary N) is 1. The van der Waals surface area contributed by atoms with Crippen molar-refractivity contribution >= 4 is 35.7 Å². The van der Waals surface area contributed by atoms with Gasteiger partial charge in [0.05, 0.1) is 11.6 Å². The van der Waals surface area contributed by atoms with E-state index in [1.807, 2.05) is 36.4 Å². The van der Waals surface area contributed by atoms with Crippen LogP contribution < -0.4 is 5.32 Å². The molecule has 0 aliphatic heterocycles. The third-order valence-electron chi connectivity index (χ3n) is 6.04. The van der Waals surface area contributed by atoms with Gasteiger partial charge in [-0.2, -0.15) is 0 Å². The van der Waals surface area contributed by atoms with Gasteiger partial charge in [-0.1, -0.05) is 71.9 Å². The highest BCUT2D eigenvalue weighted by Crippen LogP contribution is 2.44. The third kappa shape index (κ3) is 4.72. The number of fused-ring (bicyclic) bond motifs is 3. The lowest BCUT2D eigenvalue weighted by Crippen LogP contribution is -2.26. The van der Waals surface area contributed by atoms with Crippen molar-refractivity contribution in [2.45, 2.75) is 22.4 Å². The molecule has 1 aliphatic rings. The van der Waals surface area contributed by atoms with E-state index in [-0.39, 0.29) is 29.7 Å². The SMILES string of the molecule is O=Cc1cccnc1Sc1ccc(Cl)c(F)c1CNC(=O)OCC1c2ccccc2-c2ccccc21. The van der Waals surface area contributed by atoms with Gasteiger partial charge in [0.2, 0.25) is 0 Å². The highest BCUT2D eigenvalue weighted by Gasteiger charge is 2.29. The minimum absolute atomic E-state index is 0.0691. The summed E-state index contributed by atoms with van der Waals surface area (Å²) in [5, 5.41) is 2.99. The van der Waals surface area contributed by atoms with Gasteiger partial charge in [0.1, 0.15) is 17.5 Å². The Morgan fingerprint density at radius 1 is 1.03 bits per heavy atom. The molecule has 0 fully saturated rings. The van der Waals surface area contributed by atoms with Crippen molar-refractivity contribution in [3.63, 3.8) is 0 Å². The zero-order chi connectivity index (χ0) is 25.1. The number of hydrogen-bond donors (Lipinski definition) is 1. The van der Waals surface area contributed by atoms with Gasteiger partial charge in [-0.25, -0.2) is 14.2 Å². The van der Waals surface area contributed by atoms with Crippen LogP contribution in [0, 0.1) is 5.82 Å². The lowest BCUT2D eigenvalue weighted by Gasteiger charge is -2.16. The van der Waals surface area contributed by atoms with E-state index in [4.69, 9.17) is 16.3 Å². The number of nitrogens with zero attached hydrogens (tertiary/aromatic N) is 1. The largest absolute Gasteiger partial charge is 0.449 e. The van der Waals surface area contributed by atoms with Crippen LogP contribution in [-0.2, 0) is 11.3 Å². The van der Waals surface area contributed by atoms with E-state index >= 15 is 0 Å². The Bertz CT molecular complexity index is 1420. The van der Waals surface area contributed by atoms with E-state index in [1.54, 1.807) is 24.4 Å². The molecule has 1 aliphatic carbocycles. The summed E-state index contributed by atoms with van der Waals surface area (Å²) in [5.41, 5.74) is 5.04. The average Bonchev–Trinajstić information content (AvgIpc) is 3.23. The second-order valence-electron chi connectivity index (χ2n) is 8.13. The maximum absolute atomic E-state index is 14.9. The minimum Gasteiger partial charge on any atom is -0.449 e. The fourth-order valence-corrected chi connectivity index (χ4v) is 5.48. The number of pyridine rings is 1. The van der Waals surface area contributed by atoms with Crippen molar-refractivity contribution in [1.29, 1.82) is 0 Å². The van der Waals surface area contributed by atoms with Crippen LogP contribution in [0.3, 0.4) is 0 Å². The predicted octanol–water partition coefficient (Wildman–Crippen LogP) is 6.88. The van der Waals surface area contributed by atoms with Crippen LogP contribution in [0.1, 0.15) is 33.0 Å².